The Balaban J connectivity index is 2.54. The topological polar surface area (TPSA) is 29.1 Å². The molecule has 0 aliphatic rings. The van der Waals surface area contributed by atoms with Crippen molar-refractivity contribution < 1.29 is 4.79 Å². The van der Waals surface area contributed by atoms with E-state index in [1.807, 2.05) is 31.2 Å². The van der Waals surface area contributed by atoms with E-state index >= 15 is 0 Å². The van der Waals surface area contributed by atoms with Crippen LogP contribution in [-0.4, -0.2) is 5.91 Å². The zero-order valence-electron chi connectivity index (χ0n) is 9.09. The molecule has 0 bridgehead atoms. The average Bonchev–Trinajstić information content (AvgIpc) is 2.22. The van der Waals surface area contributed by atoms with Gasteiger partial charge in [-0.15, -0.1) is 0 Å². The van der Waals surface area contributed by atoms with Crippen molar-refractivity contribution in [1.82, 2.24) is 0 Å². The highest BCUT2D eigenvalue weighted by atomic mass is 127. The lowest BCUT2D eigenvalue weighted by Gasteiger charge is -2.10. The fourth-order valence-corrected chi connectivity index (χ4v) is 1.72. The van der Waals surface area contributed by atoms with Crippen LogP contribution in [0, 0.1) is 9.49 Å². The minimum Gasteiger partial charge on any atom is -0.326 e. The fraction of sp³-hybridized carbons (Fsp3) is 0.417. The van der Waals surface area contributed by atoms with Crippen LogP contribution in [0.5, 0.6) is 0 Å². The second-order valence-corrected chi connectivity index (χ2v) is 4.93. The molecule has 3 heteroatoms. The molecule has 0 heterocycles. The summed E-state index contributed by atoms with van der Waals surface area (Å²) >= 11 is 2.24. The standard InChI is InChI=1S/C12H16INO/c1-3-4-9(2)12(15)14-11-7-5-10(13)6-8-11/h5-9H,3-4H2,1-2H3,(H,14,15)/t9-/m1/s1. The van der Waals surface area contributed by atoms with Crippen molar-refractivity contribution >= 4 is 34.2 Å². The Morgan fingerprint density at radius 3 is 2.53 bits per heavy atom. The summed E-state index contributed by atoms with van der Waals surface area (Å²) in [6.45, 7) is 4.06. The van der Waals surface area contributed by atoms with Crippen molar-refractivity contribution in [2.75, 3.05) is 5.32 Å². The van der Waals surface area contributed by atoms with Gasteiger partial charge in [-0.3, -0.25) is 4.79 Å². The average molecular weight is 317 g/mol. The number of carbonyl (C=O) groups is 1. The Labute approximate surface area is 105 Å². The number of anilines is 1. The summed E-state index contributed by atoms with van der Waals surface area (Å²) in [5, 5.41) is 2.91. The van der Waals surface area contributed by atoms with E-state index in [1.165, 1.54) is 3.57 Å². The maximum Gasteiger partial charge on any atom is 0.227 e. The van der Waals surface area contributed by atoms with Crippen LogP contribution in [0.1, 0.15) is 26.7 Å². The van der Waals surface area contributed by atoms with Gasteiger partial charge in [-0.1, -0.05) is 20.3 Å². The second-order valence-electron chi connectivity index (χ2n) is 3.69. The minimum atomic E-state index is 0.0919. The molecule has 1 atom stereocenters. The number of nitrogens with one attached hydrogen (secondary N) is 1. The maximum absolute atomic E-state index is 11.7. The molecule has 0 saturated heterocycles. The first kappa shape index (κ1) is 12.5. The van der Waals surface area contributed by atoms with Crippen LogP contribution in [0.2, 0.25) is 0 Å². The highest BCUT2D eigenvalue weighted by Gasteiger charge is 2.11. The van der Waals surface area contributed by atoms with Crippen LogP contribution in [0.25, 0.3) is 0 Å². The molecule has 1 amide bonds. The monoisotopic (exact) mass is 317 g/mol. The molecule has 2 nitrogen and oxygen atoms in total. The predicted molar refractivity (Wildman–Crippen MR) is 71.9 cm³/mol. The molecule has 0 fully saturated rings. The third-order valence-electron chi connectivity index (χ3n) is 2.28. The van der Waals surface area contributed by atoms with E-state index in [0.29, 0.717) is 0 Å². The highest BCUT2D eigenvalue weighted by molar-refractivity contribution is 14.1. The van der Waals surface area contributed by atoms with Crippen LogP contribution in [-0.2, 0) is 4.79 Å². The number of halogens is 1. The van der Waals surface area contributed by atoms with Crippen LogP contribution in [0.3, 0.4) is 0 Å². The predicted octanol–water partition coefficient (Wildman–Crippen LogP) is 3.67. The first-order chi connectivity index (χ1) is 7.13. The lowest BCUT2D eigenvalue weighted by Crippen LogP contribution is -2.20. The summed E-state index contributed by atoms with van der Waals surface area (Å²) in [5.41, 5.74) is 0.878. The van der Waals surface area contributed by atoms with E-state index in [-0.39, 0.29) is 11.8 Å². The van der Waals surface area contributed by atoms with E-state index in [4.69, 9.17) is 0 Å². The van der Waals surface area contributed by atoms with E-state index in [0.717, 1.165) is 18.5 Å². The van der Waals surface area contributed by atoms with Gasteiger partial charge < -0.3 is 5.32 Å². The SMILES string of the molecule is CCC[C@@H](C)C(=O)Nc1ccc(I)cc1. The van der Waals surface area contributed by atoms with E-state index < -0.39 is 0 Å². The maximum atomic E-state index is 11.7. The van der Waals surface area contributed by atoms with Crippen molar-refractivity contribution in [2.24, 2.45) is 5.92 Å². The van der Waals surface area contributed by atoms with Crippen LogP contribution in [0.4, 0.5) is 5.69 Å². The quantitative estimate of drug-likeness (QED) is 0.844. The third-order valence-corrected chi connectivity index (χ3v) is 3.00. The normalized spacial score (nSPS) is 12.2. The molecule has 0 aromatic heterocycles. The van der Waals surface area contributed by atoms with Gasteiger partial charge in [-0.05, 0) is 53.3 Å². The molecule has 0 aliphatic heterocycles. The zero-order valence-corrected chi connectivity index (χ0v) is 11.2. The van der Waals surface area contributed by atoms with E-state index in [9.17, 15) is 4.79 Å². The van der Waals surface area contributed by atoms with Crippen molar-refractivity contribution in [2.45, 2.75) is 26.7 Å². The summed E-state index contributed by atoms with van der Waals surface area (Å²) in [5.74, 6) is 0.201. The highest BCUT2D eigenvalue weighted by Crippen LogP contribution is 2.13. The summed E-state index contributed by atoms with van der Waals surface area (Å²) in [6, 6.07) is 7.83. The third kappa shape index (κ3) is 4.20. The molecule has 0 radical (unpaired) electrons. The molecule has 1 aromatic carbocycles. The van der Waals surface area contributed by atoms with Crippen molar-refractivity contribution in [1.29, 1.82) is 0 Å². The van der Waals surface area contributed by atoms with E-state index in [1.54, 1.807) is 0 Å². The van der Waals surface area contributed by atoms with Crippen LogP contribution < -0.4 is 5.32 Å². The molecular weight excluding hydrogens is 301 g/mol. The first-order valence-electron chi connectivity index (χ1n) is 5.20. The molecule has 82 valence electrons. The minimum absolute atomic E-state index is 0.0919. The number of rotatable bonds is 4. The van der Waals surface area contributed by atoms with Crippen molar-refractivity contribution in [3.8, 4) is 0 Å². The van der Waals surface area contributed by atoms with E-state index in [2.05, 4.69) is 34.8 Å². The molecule has 0 unspecified atom stereocenters. The summed E-state index contributed by atoms with van der Waals surface area (Å²) in [4.78, 5) is 11.7. The van der Waals surface area contributed by atoms with Gasteiger partial charge >= 0.3 is 0 Å². The number of amides is 1. The van der Waals surface area contributed by atoms with Gasteiger partial charge in [0.2, 0.25) is 5.91 Å². The number of hydrogen-bond acceptors (Lipinski definition) is 1. The van der Waals surface area contributed by atoms with Gasteiger partial charge in [0.05, 0.1) is 0 Å². The molecule has 1 rings (SSSR count). The number of carbonyl (C=O) groups excluding carboxylic acids is 1. The van der Waals surface area contributed by atoms with Gasteiger partial charge in [-0.2, -0.15) is 0 Å². The smallest absolute Gasteiger partial charge is 0.227 e. The van der Waals surface area contributed by atoms with Gasteiger partial charge in [-0.25, -0.2) is 0 Å². The molecular formula is C12H16INO. The lowest BCUT2D eigenvalue weighted by molar-refractivity contribution is -0.119. The molecule has 15 heavy (non-hydrogen) atoms. The molecule has 1 N–H and O–H groups in total. The van der Waals surface area contributed by atoms with Crippen LogP contribution in [0.15, 0.2) is 24.3 Å². The van der Waals surface area contributed by atoms with Crippen molar-refractivity contribution in [3.05, 3.63) is 27.8 Å². The zero-order chi connectivity index (χ0) is 11.3. The number of hydrogen-bond donors (Lipinski definition) is 1. The van der Waals surface area contributed by atoms with Gasteiger partial charge in [0.25, 0.3) is 0 Å². The molecule has 1 aromatic rings. The van der Waals surface area contributed by atoms with Crippen LogP contribution >= 0.6 is 22.6 Å². The molecule has 0 aliphatic carbocycles. The molecule has 0 spiro atoms. The largest absolute Gasteiger partial charge is 0.326 e. The summed E-state index contributed by atoms with van der Waals surface area (Å²) < 4.78 is 1.17. The second kappa shape index (κ2) is 6.10. The Morgan fingerprint density at radius 2 is 2.00 bits per heavy atom. The van der Waals surface area contributed by atoms with Gasteiger partial charge in [0.1, 0.15) is 0 Å². The Hall–Kier alpha value is -0.580. The Morgan fingerprint density at radius 1 is 1.40 bits per heavy atom. The van der Waals surface area contributed by atoms with Gasteiger partial charge in [0, 0.05) is 15.2 Å². The van der Waals surface area contributed by atoms with Gasteiger partial charge in [0.15, 0.2) is 0 Å². The fourth-order valence-electron chi connectivity index (χ4n) is 1.36. The lowest BCUT2D eigenvalue weighted by atomic mass is 10.1. The Kier molecular flexibility index (Phi) is 5.08. The number of benzene rings is 1. The molecule has 0 saturated carbocycles. The van der Waals surface area contributed by atoms with Crippen molar-refractivity contribution in [3.63, 3.8) is 0 Å². The summed E-state index contributed by atoms with van der Waals surface area (Å²) in [7, 11) is 0. The Bertz CT molecular complexity index is 321. The first-order valence-corrected chi connectivity index (χ1v) is 6.27. The summed E-state index contributed by atoms with van der Waals surface area (Å²) in [6.07, 6.45) is 1.98.